The number of aryl methyl sites for hydroxylation is 1. The number of hydrogen-bond acceptors (Lipinski definition) is 2. The average molecular weight is 288 g/mol. The molecule has 1 aromatic rings. The highest BCUT2D eigenvalue weighted by Crippen LogP contribution is 2.44. The van der Waals surface area contributed by atoms with Crippen LogP contribution >= 0.6 is 0 Å². The molecule has 2 unspecified atom stereocenters. The van der Waals surface area contributed by atoms with E-state index in [1.165, 1.54) is 16.7 Å². The summed E-state index contributed by atoms with van der Waals surface area (Å²) < 4.78 is 5.27. The second kappa shape index (κ2) is 5.92. The summed E-state index contributed by atoms with van der Waals surface area (Å²) >= 11 is 0. The summed E-state index contributed by atoms with van der Waals surface area (Å²) in [5.41, 5.74) is 3.43. The zero-order valence-corrected chi connectivity index (χ0v) is 13.3. The van der Waals surface area contributed by atoms with Gasteiger partial charge in [0.2, 0.25) is 0 Å². The monoisotopic (exact) mass is 288 g/mol. The van der Waals surface area contributed by atoms with E-state index in [-0.39, 0.29) is 11.3 Å². The fourth-order valence-corrected chi connectivity index (χ4v) is 3.13. The van der Waals surface area contributed by atoms with Gasteiger partial charge in [-0.3, -0.25) is 4.79 Å². The van der Waals surface area contributed by atoms with Crippen LogP contribution in [-0.4, -0.2) is 18.2 Å². The van der Waals surface area contributed by atoms with Crippen LogP contribution in [0.5, 0.6) is 5.75 Å². The third kappa shape index (κ3) is 2.82. The third-order valence-electron chi connectivity index (χ3n) is 5.14. The molecule has 1 aliphatic carbocycles. The Morgan fingerprint density at radius 2 is 2.14 bits per heavy atom. The van der Waals surface area contributed by atoms with E-state index in [0.717, 1.165) is 25.0 Å². The number of methoxy groups -OCH3 is 1. The quantitative estimate of drug-likeness (QED) is 0.885. The van der Waals surface area contributed by atoms with E-state index < -0.39 is 5.97 Å². The molecule has 0 aliphatic heterocycles. The van der Waals surface area contributed by atoms with Crippen LogP contribution in [0.2, 0.25) is 0 Å². The Morgan fingerprint density at radius 1 is 1.43 bits per heavy atom. The lowest BCUT2D eigenvalue weighted by molar-refractivity contribution is -0.144. The largest absolute Gasteiger partial charge is 0.497 e. The van der Waals surface area contributed by atoms with Crippen LogP contribution in [0.25, 0.3) is 6.08 Å². The number of allylic oxidation sites excluding steroid dienone is 1. The molecule has 21 heavy (non-hydrogen) atoms. The second-order valence-electron chi connectivity index (χ2n) is 6.07. The first-order valence-corrected chi connectivity index (χ1v) is 7.53. The standard InChI is InChI=1S/C18H24O3/c1-5-18(3,12(2)17(19)20)15-8-6-14-11-16(21-4)9-7-13(14)10-15/h7,9-12H,5-6,8H2,1-4H3,(H,19,20). The molecular formula is C18H24O3. The van der Waals surface area contributed by atoms with Gasteiger partial charge >= 0.3 is 5.97 Å². The van der Waals surface area contributed by atoms with Crippen molar-refractivity contribution in [1.29, 1.82) is 0 Å². The van der Waals surface area contributed by atoms with E-state index in [4.69, 9.17) is 4.74 Å². The maximum absolute atomic E-state index is 11.4. The highest BCUT2D eigenvalue weighted by atomic mass is 16.5. The zero-order chi connectivity index (χ0) is 15.6. The number of carbonyl (C=O) groups is 1. The lowest BCUT2D eigenvalue weighted by atomic mass is 9.67. The van der Waals surface area contributed by atoms with E-state index in [1.54, 1.807) is 7.11 Å². The lowest BCUT2D eigenvalue weighted by Gasteiger charge is -2.37. The molecule has 2 atom stereocenters. The first kappa shape index (κ1) is 15.6. The van der Waals surface area contributed by atoms with Gasteiger partial charge in [-0.15, -0.1) is 0 Å². The molecule has 114 valence electrons. The number of fused-ring (bicyclic) bond motifs is 1. The molecule has 1 aromatic carbocycles. The van der Waals surface area contributed by atoms with Crippen molar-refractivity contribution in [3.63, 3.8) is 0 Å². The second-order valence-corrected chi connectivity index (χ2v) is 6.07. The van der Waals surface area contributed by atoms with Crippen molar-refractivity contribution < 1.29 is 14.6 Å². The molecule has 2 rings (SSSR count). The number of rotatable bonds is 5. The predicted molar refractivity (Wildman–Crippen MR) is 84.5 cm³/mol. The Kier molecular flexibility index (Phi) is 4.40. The van der Waals surface area contributed by atoms with Gasteiger partial charge in [0, 0.05) is 5.41 Å². The molecule has 3 heteroatoms. The summed E-state index contributed by atoms with van der Waals surface area (Å²) in [5, 5.41) is 9.40. The van der Waals surface area contributed by atoms with Crippen LogP contribution in [-0.2, 0) is 11.2 Å². The van der Waals surface area contributed by atoms with Gasteiger partial charge in [-0.2, -0.15) is 0 Å². The minimum atomic E-state index is -0.722. The van der Waals surface area contributed by atoms with Crippen molar-refractivity contribution in [2.75, 3.05) is 7.11 Å². The van der Waals surface area contributed by atoms with Crippen LogP contribution in [0.15, 0.2) is 23.8 Å². The van der Waals surface area contributed by atoms with Gasteiger partial charge in [0.15, 0.2) is 0 Å². The number of carboxylic acids is 1. The first-order valence-electron chi connectivity index (χ1n) is 7.53. The SMILES string of the molecule is CCC(C)(C1=Cc2ccc(OC)cc2CC1)C(C)C(=O)O. The van der Waals surface area contributed by atoms with E-state index in [0.29, 0.717) is 0 Å². The van der Waals surface area contributed by atoms with Gasteiger partial charge in [-0.25, -0.2) is 0 Å². The van der Waals surface area contributed by atoms with Crippen molar-refractivity contribution in [3.8, 4) is 5.75 Å². The third-order valence-corrected chi connectivity index (χ3v) is 5.14. The summed E-state index contributed by atoms with van der Waals surface area (Å²) in [4.78, 5) is 11.4. The maximum Gasteiger partial charge on any atom is 0.307 e. The van der Waals surface area contributed by atoms with Crippen LogP contribution < -0.4 is 4.74 Å². The predicted octanol–water partition coefficient (Wildman–Crippen LogP) is 4.16. The molecule has 0 bridgehead atoms. The number of carboxylic acid groups (broad SMARTS) is 1. The van der Waals surface area contributed by atoms with E-state index in [2.05, 4.69) is 32.1 Å². The molecule has 0 radical (unpaired) electrons. The first-order chi connectivity index (χ1) is 9.92. The van der Waals surface area contributed by atoms with Gasteiger partial charge < -0.3 is 9.84 Å². The fourth-order valence-electron chi connectivity index (χ4n) is 3.13. The Bertz CT molecular complexity index is 574. The van der Waals surface area contributed by atoms with Crippen LogP contribution in [0.3, 0.4) is 0 Å². The van der Waals surface area contributed by atoms with Crippen molar-refractivity contribution >= 4 is 12.0 Å². The lowest BCUT2D eigenvalue weighted by Crippen LogP contribution is -2.33. The van der Waals surface area contributed by atoms with Crippen LogP contribution in [0.4, 0.5) is 0 Å². The smallest absolute Gasteiger partial charge is 0.307 e. The zero-order valence-electron chi connectivity index (χ0n) is 13.3. The van der Waals surface area contributed by atoms with Crippen molar-refractivity contribution in [1.82, 2.24) is 0 Å². The van der Waals surface area contributed by atoms with Gasteiger partial charge in [0.05, 0.1) is 13.0 Å². The summed E-state index contributed by atoms with van der Waals surface area (Å²) in [7, 11) is 1.68. The fraction of sp³-hybridized carbons (Fsp3) is 0.500. The average Bonchev–Trinajstić information content (AvgIpc) is 2.52. The van der Waals surface area contributed by atoms with Crippen molar-refractivity contribution in [2.45, 2.75) is 40.0 Å². The van der Waals surface area contributed by atoms with Gasteiger partial charge in [0.1, 0.15) is 5.75 Å². The molecule has 0 saturated carbocycles. The molecule has 3 nitrogen and oxygen atoms in total. The van der Waals surface area contributed by atoms with Gasteiger partial charge in [0.25, 0.3) is 0 Å². The topological polar surface area (TPSA) is 46.5 Å². The van der Waals surface area contributed by atoms with Gasteiger partial charge in [-0.05, 0) is 42.5 Å². The number of ether oxygens (including phenoxy) is 1. The molecule has 0 spiro atoms. The van der Waals surface area contributed by atoms with Crippen molar-refractivity contribution in [2.24, 2.45) is 11.3 Å². The van der Waals surface area contributed by atoms with Gasteiger partial charge in [-0.1, -0.05) is 38.5 Å². The molecule has 0 fully saturated rings. The van der Waals surface area contributed by atoms with Crippen molar-refractivity contribution in [3.05, 3.63) is 34.9 Å². The molecule has 0 saturated heterocycles. The molecule has 0 aromatic heterocycles. The normalized spacial score (nSPS) is 18.2. The minimum absolute atomic E-state index is 0.288. The highest BCUT2D eigenvalue weighted by Gasteiger charge is 2.38. The number of hydrogen-bond donors (Lipinski definition) is 1. The van der Waals surface area contributed by atoms with Crippen LogP contribution in [0, 0.1) is 11.3 Å². The Morgan fingerprint density at radius 3 is 2.71 bits per heavy atom. The van der Waals surface area contributed by atoms with E-state index in [9.17, 15) is 9.90 Å². The molecule has 1 N–H and O–H groups in total. The number of benzene rings is 1. The summed E-state index contributed by atoms with van der Waals surface area (Å²) in [6.45, 7) is 5.96. The van der Waals surface area contributed by atoms with E-state index in [1.807, 2.05) is 13.0 Å². The molecule has 1 aliphatic rings. The maximum atomic E-state index is 11.4. The van der Waals surface area contributed by atoms with Crippen LogP contribution in [0.1, 0.15) is 44.7 Å². The molecular weight excluding hydrogens is 264 g/mol. The Labute approximate surface area is 126 Å². The van der Waals surface area contributed by atoms with E-state index >= 15 is 0 Å². The molecule has 0 amide bonds. The summed E-state index contributed by atoms with van der Waals surface area (Å²) in [6, 6.07) is 6.10. The Hall–Kier alpha value is -1.77. The Balaban J connectivity index is 2.40. The summed E-state index contributed by atoms with van der Waals surface area (Å²) in [5.74, 6) is -0.225. The highest BCUT2D eigenvalue weighted by molar-refractivity contribution is 5.72. The minimum Gasteiger partial charge on any atom is -0.497 e. The summed E-state index contributed by atoms with van der Waals surface area (Å²) in [6.07, 6.45) is 4.88. The molecule has 0 heterocycles. The number of aliphatic carboxylic acids is 1.